The van der Waals surface area contributed by atoms with Crippen molar-refractivity contribution in [2.75, 3.05) is 6.61 Å². The van der Waals surface area contributed by atoms with Crippen LogP contribution in [0, 0.1) is 0 Å². The molecular formula is C40H81NO4. The van der Waals surface area contributed by atoms with Crippen LogP contribution in [0.4, 0.5) is 0 Å². The lowest BCUT2D eigenvalue weighted by molar-refractivity contribution is -0.131. The molecule has 0 heterocycles. The van der Waals surface area contributed by atoms with Gasteiger partial charge in [0.25, 0.3) is 0 Å². The number of hydrogen-bond acceptors (Lipinski definition) is 4. The van der Waals surface area contributed by atoms with Crippen molar-refractivity contribution in [1.82, 2.24) is 5.32 Å². The van der Waals surface area contributed by atoms with Gasteiger partial charge in [0.15, 0.2) is 0 Å². The van der Waals surface area contributed by atoms with E-state index in [1.807, 2.05) is 0 Å². The van der Waals surface area contributed by atoms with Crippen molar-refractivity contribution < 1.29 is 20.1 Å². The van der Waals surface area contributed by atoms with Crippen molar-refractivity contribution >= 4 is 5.91 Å². The number of unbranched alkanes of at least 4 members (excludes halogenated alkanes) is 29. The zero-order valence-corrected chi connectivity index (χ0v) is 30.5. The van der Waals surface area contributed by atoms with Gasteiger partial charge in [-0.2, -0.15) is 0 Å². The second kappa shape index (κ2) is 36.2. The first-order valence-corrected chi connectivity index (χ1v) is 20.3. The van der Waals surface area contributed by atoms with E-state index in [9.17, 15) is 20.1 Å². The highest BCUT2D eigenvalue weighted by atomic mass is 16.3. The third kappa shape index (κ3) is 31.7. The molecule has 0 fully saturated rings. The lowest BCUT2D eigenvalue weighted by Gasteiger charge is -2.23. The molecule has 0 aliphatic rings. The van der Waals surface area contributed by atoms with Gasteiger partial charge in [-0.3, -0.25) is 4.79 Å². The van der Waals surface area contributed by atoms with E-state index < -0.39 is 24.2 Å². The van der Waals surface area contributed by atoms with Gasteiger partial charge in [-0.15, -0.1) is 0 Å². The maximum atomic E-state index is 12.4. The summed E-state index contributed by atoms with van der Waals surface area (Å²) < 4.78 is 0. The Bertz CT molecular complexity index is 587. The van der Waals surface area contributed by atoms with Crippen molar-refractivity contribution in [3.63, 3.8) is 0 Å². The monoisotopic (exact) mass is 640 g/mol. The number of hydrogen-bond donors (Lipinski definition) is 4. The van der Waals surface area contributed by atoms with Crippen LogP contribution in [0.3, 0.4) is 0 Å². The summed E-state index contributed by atoms with van der Waals surface area (Å²) >= 11 is 0. The Balaban J connectivity index is 3.62. The van der Waals surface area contributed by atoms with E-state index >= 15 is 0 Å². The Kier molecular flexibility index (Phi) is 35.7. The molecule has 45 heavy (non-hydrogen) atoms. The summed E-state index contributed by atoms with van der Waals surface area (Å²) in [6.45, 7) is 4.24. The van der Waals surface area contributed by atoms with Gasteiger partial charge in [-0.1, -0.05) is 213 Å². The van der Waals surface area contributed by atoms with E-state index in [0.717, 1.165) is 32.1 Å². The standard InChI is InChI=1S/C40H81NO4/c1-3-5-7-9-11-13-15-17-19-21-23-25-27-29-31-33-35-39(44)40(45)41-37(36-42)38(43)34-32-30-28-26-24-22-20-18-16-14-12-10-8-6-4-2/h37-39,42-44H,3-36H2,1-2H3,(H,41,45)/t37-,38+,39?/m0/s1. The topological polar surface area (TPSA) is 89.8 Å². The van der Waals surface area contributed by atoms with Crippen LogP contribution in [0.2, 0.25) is 0 Å². The number of carbonyl (C=O) groups excluding carboxylic acids is 1. The first-order chi connectivity index (χ1) is 22.1. The van der Waals surface area contributed by atoms with Crippen molar-refractivity contribution in [2.24, 2.45) is 0 Å². The van der Waals surface area contributed by atoms with E-state index in [2.05, 4.69) is 19.2 Å². The minimum atomic E-state index is -1.07. The summed E-state index contributed by atoms with van der Waals surface area (Å²) in [5.41, 5.74) is 0. The van der Waals surface area contributed by atoms with Crippen LogP contribution in [0.15, 0.2) is 0 Å². The van der Waals surface area contributed by atoms with Crippen LogP contribution in [0.1, 0.15) is 226 Å². The largest absolute Gasteiger partial charge is 0.394 e. The second-order valence-corrected chi connectivity index (χ2v) is 14.2. The third-order valence-corrected chi connectivity index (χ3v) is 9.73. The summed E-state index contributed by atoms with van der Waals surface area (Å²) in [4.78, 5) is 12.4. The Morgan fingerprint density at radius 2 is 0.711 bits per heavy atom. The molecule has 0 radical (unpaired) electrons. The van der Waals surface area contributed by atoms with Gasteiger partial charge in [-0.25, -0.2) is 0 Å². The number of aliphatic hydroxyl groups excluding tert-OH is 3. The maximum absolute atomic E-state index is 12.4. The molecule has 5 heteroatoms. The van der Waals surface area contributed by atoms with E-state index in [0.29, 0.717) is 12.8 Å². The smallest absolute Gasteiger partial charge is 0.249 e. The Morgan fingerprint density at radius 1 is 0.444 bits per heavy atom. The fourth-order valence-electron chi connectivity index (χ4n) is 6.49. The maximum Gasteiger partial charge on any atom is 0.249 e. The number of carbonyl (C=O) groups is 1. The molecule has 0 aromatic carbocycles. The van der Waals surface area contributed by atoms with Crippen molar-refractivity contribution in [3.05, 3.63) is 0 Å². The minimum absolute atomic E-state index is 0.308. The zero-order valence-electron chi connectivity index (χ0n) is 30.5. The van der Waals surface area contributed by atoms with Crippen LogP contribution in [-0.2, 0) is 4.79 Å². The normalized spacial score (nSPS) is 13.6. The van der Waals surface area contributed by atoms with E-state index in [-0.39, 0.29) is 6.61 Å². The summed E-state index contributed by atoms with van der Waals surface area (Å²) in [7, 11) is 0. The summed E-state index contributed by atoms with van der Waals surface area (Å²) in [5.74, 6) is -0.467. The summed E-state index contributed by atoms with van der Waals surface area (Å²) in [6, 6.07) is -0.704. The molecule has 0 rings (SSSR count). The molecule has 0 aromatic heterocycles. The van der Waals surface area contributed by atoms with Crippen LogP contribution < -0.4 is 5.32 Å². The molecule has 0 saturated heterocycles. The fourth-order valence-corrected chi connectivity index (χ4v) is 6.49. The summed E-state index contributed by atoms with van der Waals surface area (Å²) in [5, 5.41) is 33.2. The molecule has 3 atom stereocenters. The molecular weight excluding hydrogens is 558 g/mol. The van der Waals surface area contributed by atoms with Crippen molar-refractivity contribution in [3.8, 4) is 0 Å². The van der Waals surface area contributed by atoms with E-state index in [1.54, 1.807) is 0 Å². The first kappa shape index (κ1) is 44.4. The lowest BCUT2D eigenvalue weighted by atomic mass is 10.0. The van der Waals surface area contributed by atoms with Gasteiger partial charge >= 0.3 is 0 Å². The molecule has 4 N–H and O–H groups in total. The molecule has 0 aromatic rings. The number of amides is 1. The van der Waals surface area contributed by atoms with Gasteiger partial charge in [0.1, 0.15) is 6.10 Å². The van der Waals surface area contributed by atoms with E-state index in [4.69, 9.17) is 0 Å². The molecule has 0 aliphatic heterocycles. The van der Waals surface area contributed by atoms with Crippen molar-refractivity contribution in [1.29, 1.82) is 0 Å². The van der Waals surface area contributed by atoms with Crippen LogP contribution in [0.25, 0.3) is 0 Å². The van der Waals surface area contributed by atoms with E-state index in [1.165, 1.54) is 167 Å². The number of rotatable bonds is 37. The van der Waals surface area contributed by atoms with Crippen LogP contribution >= 0.6 is 0 Å². The molecule has 0 saturated carbocycles. The van der Waals surface area contributed by atoms with Crippen molar-refractivity contribution in [2.45, 2.75) is 244 Å². The van der Waals surface area contributed by atoms with Gasteiger partial charge in [0, 0.05) is 0 Å². The Morgan fingerprint density at radius 3 is 1.00 bits per heavy atom. The zero-order chi connectivity index (χ0) is 33.1. The summed E-state index contributed by atoms with van der Waals surface area (Å²) in [6.07, 6.45) is 39.4. The van der Waals surface area contributed by atoms with Gasteiger partial charge in [0.05, 0.1) is 18.8 Å². The van der Waals surface area contributed by atoms with Crippen LogP contribution in [-0.4, -0.2) is 46.1 Å². The Labute approximate surface area is 281 Å². The third-order valence-electron chi connectivity index (χ3n) is 9.73. The number of nitrogens with one attached hydrogen (secondary N) is 1. The molecule has 270 valence electrons. The quantitative estimate of drug-likeness (QED) is 0.0509. The molecule has 0 aliphatic carbocycles. The minimum Gasteiger partial charge on any atom is -0.394 e. The average molecular weight is 640 g/mol. The lowest BCUT2D eigenvalue weighted by Crippen LogP contribution is -2.49. The molecule has 1 unspecified atom stereocenters. The highest BCUT2D eigenvalue weighted by Gasteiger charge is 2.23. The predicted molar refractivity (Wildman–Crippen MR) is 195 cm³/mol. The van der Waals surface area contributed by atoms with Gasteiger partial charge < -0.3 is 20.6 Å². The predicted octanol–water partition coefficient (Wildman–Crippen LogP) is 11.1. The Hall–Kier alpha value is -0.650. The molecule has 0 bridgehead atoms. The van der Waals surface area contributed by atoms with Gasteiger partial charge in [-0.05, 0) is 12.8 Å². The SMILES string of the molecule is CCCCCCCCCCCCCCCCCCC(O)C(=O)N[C@@H](CO)[C@H](O)CCCCCCCCCCCCCCCCC. The number of aliphatic hydroxyl groups is 3. The second-order valence-electron chi connectivity index (χ2n) is 14.2. The molecule has 1 amide bonds. The highest BCUT2D eigenvalue weighted by Crippen LogP contribution is 2.16. The molecule has 5 nitrogen and oxygen atoms in total. The highest BCUT2D eigenvalue weighted by molar-refractivity contribution is 5.80. The first-order valence-electron chi connectivity index (χ1n) is 20.3. The van der Waals surface area contributed by atoms with Crippen LogP contribution in [0.5, 0.6) is 0 Å². The van der Waals surface area contributed by atoms with Gasteiger partial charge in [0.2, 0.25) is 5.91 Å². The fraction of sp³-hybridized carbons (Fsp3) is 0.975. The average Bonchev–Trinajstić information content (AvgIpc) is 3.04. The molecule has 0 spiro atoms.